The Hall–Kier alpha value is -3.94. The van der Waals surface area contributed by atoms with Crippen LogP contribution in [0.15, 0.2) is 48.7 Å². The molecule has 4 N–H and O–H groups in total. The van der Waals surface area contributed by atoms with Gasteiger partial charge in [0, 0.05) is 36.0 Å². The minimum absolute atomic E-state index is 0.117. The summed E-state index contributed by atoms with van der Waals surface area (Å²) in [6.45, 7) is 0. The lowest BCUT2D eigenvalue weighted by Crippen LogP contribution is -2.37. The third kappa shape index (κ3) is 3.87. The van der Waals surface area contributed by atoms with Gasteiger partial charge in [0.2, 0.25) is 11.8 Å². The number of para-hydroxylation sites is 1. The summed E-state index contributed by atoms with van der Waals surface area (Å²) in [5.74, 6) is 0.0964. The van der Waals surface area contributed by atoms with Crippen molar-refractivity contribution in [2.75, 3.05) is 10.6 Å². The zero-order valence-corrected chi connectivity index (χ0v) is 17.4. The van der Waals surface area contributed by atoms with Crippen molar-refractivity contribution in [3.8, 4) is 11.3 Å². The van der Waals surface area contributed by atoms with Crippen molar-refractivity contribution in [2.45, 2.75) is 38.1 Å². The molecule has 0 radical (unpaired) electrons. The maximum Gasteiger partial charge on any atom is 0.248 e. The first kappa shape index (κ1) is 20.0. The highest BCUT2D eigenvalue weighted by Gasteiger charge is 2.29. The number of benzene rings is 1. The van der Waals surface area contributed by atoms with E-state index < -0.39 is 6.04 Å². The van der Waals surface area contributed by atoms with E-state index in [1.54, 1.807) is 12.3 Å². The van der Waals surface area contributed by atoms with E-state index in [2.05, 4.69) is 25.9 Å². The third-order valence-electron chi connectivity index (χ3n) is 5.84. The predicted molar refractivity (Wildman–Crippen MR) is 121 cm³/mol. The fraction of sp³-hybridized carbons (Fsp3) is 0.250. The molecule has 1 aliphatic carbocycles. The Bertz CT molecular complexity index is 1200. The summed E-state index contributed by atoms with van der Waals surface area (Å²) in [6, 6.07) is 12.8. The zero-order valence-electron chi connectivity index (χ0n) is 17.4. The van der Waals surface area contributed by atoms with E-state index >= 15 is 0 Å². The van der Waals surface area contributed by atoms with Gasteiger partial charge in [-0.1, -0.05) is 18.2 Å². The number of fused-ring (bicyclic) bond motifs is 1. The highest BCUT2D eigenvalue weighted by Crippen LogP contribution is 2.39. The van der Waals surface area contributed by atoms with Crippen LogP contribution in [-0.4, -0.2) is 33.6 Å². The van der Waals surface area contributed by atoms with Crippen molar-refractivity contribution < 1.29 is 14.4 Å². The number of hydrogen-bond donors (Lipinski definition) is 4. The molecular weight excluding hydrogens is 406 g/mol. The molecule has 1 fully saturated rings. The zero-order chi connectivity index (χ0) is 22.1. The Morgan fingerprint density at radius 3 is 2.69 bits per heavy atom. The summed E-state index contributed by atoms with van der Waals surface area (Å²) in [5, 5.41) is 8.86. The molecule has 8 heteroatoms. The van der Waals surface area contributed by atoms with Crippen molar-refractivity contribution in [3.63, 3.8) is 0 Å². The number of amides is 2. The summed E-state index contributed by atoms with van der Waals surface area (Å²) in [7, 11) is 0. The van der Waals surface area contributed by atoms with Crippen LogP contribution in [0.25, 0.3) is 11.3 Å². The molecule has 3 heterocycles. The molecule has 2 aliphatic rings. The monoisotopic (exact) mass is 429 g/mol. The van der Waals surface area contributed by atoms with Gasteiger partial charge in [0.05, 0.1) is 16.9 Å². The number of carbonyl (C=O) groups excluding carboxylic acids is 3. The number of nitrogens with one attached hydrogen (secondary N) is 4. The minimum atomic E-state index is -0.543. The summed E-state index contributed by atoms with van der Waals surface area (Å²) in [4.78, 5) is 44.4. The fourth-order valence-corrected chi connectivity index (χ4v) is 4.28. The average molecular weight is 429 g/mol. The van der Waals surface area contributed by atoms with Gasteiger partial charge < -0.3 is 20.9 Å². The Kier molecular flexibility index (Phi) is 5.18. The Labute approximate surface area is 184 Å². The van der Waals surface area contributed by atoms with E-state index in [-0.39, 0.29) is 17.6 Å². The summed E-state index contributed by atoms with van der Waals surface area (Å²) >= 11 is 0. The number of hydrogen-bond acceptors (Lipinski definition) is 5. The van der Waals surface area contributed by atoms with Crippen LogP contribution in [0.3, 0.4) is 0 Å². The first-order valence-corrected chi connectivity index (χ1v) is 10.8. The van der Waals surface area contributed by atoms with Crippen LogP contribution in [0.5, 0.6) is 0 Å². The molecule has 0 unspecified atom stereocenters. The normalized spacial score (nSPS) is 17.6. The van der Waals surface area contributed by atoms with Crippen molar-refractivity contribution in [1.82, 2.24) is 15.3 Å². The van der Waals surface area contributed by atoms with Crippen molar-refractivity contribution in [2.24, 2.45) is 0 Å². The lowest BCUT2D eigenvalue weighted by atomic mass is 9.95. The molecule has 5 rings (SSSR count). The molecule has 162 valence electrons. The molecule has 8 nitrogen and oxygen atoms in total. The van der Waals surface area contributed by atoms with Crippen molar-refractivity contribution >= 4 is 34.8 Å². The number of rotatable bonds is 5. The van der Waals surface area contributed by atoms with E-state index in [4.69, 9.17) is 0 Å². The fourth-order valence-electron chi connectivity index (χ4n) is 4.28. The van der Waals surface area contributed by atoms with Gasteiger partial charge in [-0.15, -0.1) is 0 Å². The maximum absolute atomic E-state index is 12.8. The standard InChI is InChI=1S/C24H23N5O3/c30-18-8-4-7-16-21(18)23(26-15-5-2-1-3-6-15)22(28-16)14-11-12-25-19(13-14)29-24(32)17-9-10-20(31)27-17/h1-3,5-6,11-13,17,26,28H,4,7-10H2,(H,27,31)(H,25,29,32)/t17-/m1/s1. The van der Waals surface area contributed by atoms with Gasteiger partial charge in [0.25, 0.3) is 0 Å². The number of H-pyrrole nitrogens is 1. The summed E-state index contributed by atoms with van der Waals surface area (Å²) < 4.78 is 0. The molecule has 0 spiro atoms. The number of ketones is 1. The average Bonchev–Trinajstić information content (AvgIpc) is 3.39. The van der Waals surface area contributed by atoms with E-state index in [0.717, 1.165) is 41.2 Å². The first-order chi connectivity index (χ1) is 15.6. The lowest BCUT2D eigenvalue weighted by Gasteiger charge is -2.14. The molecule has 1 atom stereocenters. The van der Waals surface area contributed by atoms with Crippen LogP contribution in [-0.2, 0) is 16.0 Å². The number of Topliss-reactive ketones (excluding diaryl/α,β-unsaturated/α-hetero) is 1. The van der Waals surface area contributed by atoms with Crippen LogP contribution in [0.4, 0.5) is 17.2 Å². The van der Waals surface area contributed by atoms with Gasteiger partial charge in [0.15, 0.2) is 5.78 Å². The lowest BCUT2D eigenvalue weighted by molar-refractivity contribution is -0.122. The number of pyridine rings is 1. The molecule has 0 saturated carbocycles. The molecular formula is C24H23N5O3. The van der Waals surface area contributed by atoms with Gasteiger partial charge in [-0.2, -0.15) is 0 Å². The molecule has 1 saturated heterocycles. The molecule has 0 bridgehead atoms. The first-order valence-electron chi connectivity index (χ1n) is 10.8. The number of aromatic amines is 1. The minimum Gasteiger partial charge on any atom is -0.356 e. The van der Waals surface area contributed by atoms with E-state index in [1.807, 2.05) is 36.4 Å². The summed E-state index contributed by atoms with van der Waals surface area (Å²) in [6.07, 6.45) is 4.59. The quantitative estimate of drug-likeness (QED) is 0.495. The number of anilines is 3. The topological polar surface area (TPSA) is 116 Å². The molecule has 2 amide bonds. The Morgan fingerprint density at radius 1 is 1.06 bits per heavy atom. The molecule has 1 aliphatic heterocycles. The Balaban J connectivity index is 1.49. The second-order valence-corrected chi connectivity index (χ2v) is 8.07. The third-order valence-corrected chi connectivity index (χ3v) is 5.84. The largest absolute Gasteiger partial charge is 0.356 e. The summed E-state index contributed by atoms with van der Waals surface area (Å²) in [5.41, 5.74) is 4.82. The number of carbonyl (C=O) groups is 3. The second kappa shape index (κ2) is 8.30. The smallest absolute Gasteiger partial charge is 0.248 e. The van der Waals surface area contributed by atoms with Crippen LogP contribution < -0.4 is 16.0 Å². The number of aromatic nitrogens is 2. The number of nitrogens with zero attached hydrogens (tertiary/aromatic N) is 1. The van der Waals surface area contributed by atoms with Gasteiger partial charge in [-0.25, -0.2) is 4.98 Å². The SMILES string of the molecule is O=C1CC[C@H](C(=O)Nc2cc(-c3[nH]c4c(c3Nc3ccccc3)C(=O)CCC4)ccn2)N1. The van der Waals surface area contributed by atoms with E-state index in [1.165, 1.54) is 0 Å². The van der Waals surface area contributed by atoms with E-state index in [9.17, 15) is 14.4 Å². The molecule has 1 aromatic carbocycles. The second-order valence-electron chi connectivity index (χ2n) is 8.07. The Morgan fingerprint density at radius 2 is 1.91 bits per heavy atom. The van der Waals surface area contributed by atoms with Gasteiger partial charge in [-0.05, 0) is 43.5 Å². The van der Waals surface area contributed by atoms with Crippen LogP contribution in [0.1, 0.15) is 41.7 Å². The van der Waals surface area contributed by atoms with Crippen LogP contribution >= 0.6 is 0 Å². The number of aryl methyl sites for hydroxylation is 1. The van der Waals surface area contributed by atoms with Crippen LogP contribution in [0.2, 0.25) is 0 Å². The van der Waals surface area contributed by atoms with Crippen molar-refractivity contribution in [3.05, 3.63) is 59.9 Å². The van der Waals surface area contributed by atoms with E-state index in [0.29, 0.717) is 30.6 Å². The van der Waals surface area contributed by atoms with Crippen molar-refractivity contribution in [1.29, 1.82) is 0 Å². The predicted octanol–water partition coefficient (Wildman–Crippen LogP) is 3.56. The van der Waals surface area contributed by atoms with Crippen LogP contribution in [0, 0.1) is 0 Å². The molecule has 32 heavy (non-hydrogen) atoms. The van der Waals surface area contributed by atoms with Gasteiger partial charge in [0.1, 0.15) is 11.9 Å². The maximum atomic E-state index is 12.8. The highest BCUT2D eigenvalue weighted by molar-refractivity contribution is 6.07. The molecule has 3 aromatic rings. The highest BCUT2D eigenvalue weighted by atomic mass is 16.2. The van der Waals surface area contributed by atoms with Gasteiger partial charge >= 0.3 is 0 Å². The molecule has 2 aromatic heterocycles. The van der Waals surface area contributed by atoms with Gasteiger partial charge in [-0.3, -0.25) is 14.4 Å².